The minimum absolute atomic E-state index is 0.117. The van der Waals surface area contributed by atoms with E-state index in [-0.39, 0.29) is 11.9 Å². The number of halogens is 1. The highest BCUT2D eigenvalue weighted by Gasteiger charge is 2.24. The molecule has 0 saturated carbocycles. The van der Waals surface area contributed by atoms with E-state index in [9.17, 15) is 4.79 Å². The number of carbonyl (C=O) groups is 1. The fourth-order valence-electron chi connectivity index (χ4n) is 2.28. The first kappa shape index (κ1) is 15.0. The van der Waals surface area contributed by atoms with Crippen LogP contribution in [0.15, 0.2) is 17.5 Å². The van der Waals surface area contributed by atoms with Gasteiger partial charge in [-0.3, -0.25) is 4.79 Å². The fourth-order valence-corrected chi connectivity index (χ4v) is 4.22. The monoisotopic (exact) mass is 342 g/mol. The number of thiophene rings is 1. The van der Waals surface area contributed by atoms with Crippen molar-refractivity contribution < 1.29 is 9.53 Å². The smallest absolute Gasteiger partial charge is 0.229 e. The Hall–Kier alpha value is -0.950. The number of morpholine rings is 1. The summed E-state index contributed by atoms with van der Waals surface area (Å²) in [4.78, 5) is 19.8. The van der Waals surface area contributed by atoms with Crippen LogP contribution < -0.4 is 0 Å². The molecule has 2 aromatic rings. The molecule has 3 rings (SSSR count). The molecule has 1 aliphatic rings. The Balaban J connectivity index is 1.68. The highest BCUT2D eigenvalue weighted by Crippen LogP contribution is 2.33. The van der Waals surface area contributed by atoms with Gasteiger partial charge in [-0.15, -0.1) is 22.7 Å². The molecule has 1 aliphatic heterocycles. The summed E-state index contributed by atoms with van der Waals surface area (Å²) in [5.74, 6) is 0.117. The van der Waals surface area contributed by atoms with Gasteiger partial charge in [0.1, 0.15) is 5.01 Å². The van der Waals surface area contributed by atoms with Crippen molar-refractivity contribution in [2.75, 3.05) is 19.8 Å². The van der Waals surface area contributed by atoms with Crippen LogP contribution in [0.25, 0.3) is 9.88 Å². The summed E-state index contributed by atoms with van der Waals surface area (Å²) in [5, 5.41) is 2.87. The second-order valence-electron chi connectivity index (χ2n) is 4.94. The van der Waals surface area contributed by atoms with Crippen LogP contribution in [0, 0.1) is 0 Å². The van der Waals surface area contributed by atoms with E-state index in [2.05, 4.69) is 4.98 Å². The van der Waals surface area contributed by atoms with Gasteiger partial charge in [-0.05, 0) is 19.1 Å². The first-order valence-electron chi connectivity index (χ1n) is 6.71. The van der Waals surface area contributed by atoms with Gasteiger partial charge in [0.2, 0.25) is 5.91 Å². The van der Waals surface area contributed by atoms with E-state index >= 15 is 0 Å². The summed E-state index contributed by atoms with van der Waals surface area (Å²) in [7, 11) is 0. The lowest BCUT2D eigenvalue weighted by molar-refractivity contribution is -0.138. The van der Waals surface area contributed by atoms with Crippen molar-refractivity contribution >= 4 is 40.2 Å². The van der Waals surface area contributed by atoms with E-state index in [4.69, 9.17) is 16.3 Å². The molecule has 1 saturated heterocycles. The highest BCUT2D eigenvalue weighted by molar-refractivity contribution is 7.23. The zero-order valence-corrected chi connectivity index (χ0v) is 13.9. The third kappa shape index (κ3) is 3.45. The molecular formula is C14H15ClN2O2S2. The number of hydrogen-bond donors (Lipinski definition) is 0. The lowest BCUT2D eigenvalue weighted by Gasteiger charge is -2.33. The number of rotatable bonds is 3. The third-order valence-electron chi connectivity index (χ3n) is 3.36. The van der Waals surface area contributed by atoms with Gasteiger partial charge in [0.15, 0.2) is 0 Å². The Morgan fingerprint density at radius 2 is 2.43 bits per heavy atom. The van der Waals surface area contributed by atoms with Crippen molar-refractivity contribution in [1.29, 1.82) is 0 Å². The Kier molecular flexibility index (Phi) is 4.59. The normalized spacial score (nSPS) is 19.0. The predicted molar refractivity (Wildman–Crippen MR) is 86.1 cm³/mol. The Labute approximate surface area is 136 Å². The van der Waals surface area contributed by atoms with Crippen LogP contribution in [-0.2, 0) is 16.0 Å². The second-order valence-corrected chi connectivity index (χ2v) is 7.51. The van der Waals surface area contributed by atoms with Crippen molar-refractivity contribution in [3.05, 3.63) is 27.5 Å². The molecule has 1 amide bonds. The maximum absolute atomic E-state index is 12.3. The number of ether oxygens (including phenoxy) is 1. The van der Waals surface area contributed by atoms with Crippen molar-refractivity contribution in [2.45, 2.75) is 19.4 Å². The average Bonchev–Trinajstić information content (AvgIpc) is 3.08. The van der Waals surface area contributed by atoms with Crippen LogP contribution in [0.5, 0.6) is 0 Å². The molecule has 2 aromatic heterocycles. The molecule has 3 heterocycles. The molecule has 0 unspecified atom stereocenters. The minimum atomic E-state index is 0.117. The molecule has 1 atom stereocenters. The van der Waals surface area contributed by atoms with E-state index in [1.54, 1.807) is 11.3 Å². The second kappa shape index (κ2) is 6.44. The van der Waals surface area contributed by atoms with Crippen LogP contribution in [0.1, 0.15) is 12.6 Å². The largest absolute Gasteiger partial charge is 0.377 e. The van der Waals surface area contributed by atoms with E-state index in [0.29, 0.717) is 26.2 Å². The molecule has 0 spiro atoms. The molecule has 0 bridgehead atoms. The molecular weight excluding hydrogens is 328 g/mol. The van der Waals surface area contributed by atoms with Crippen LogP contribution >= 0.6 is 34.3 Å². The number of hydrogen-bond acceptors (Lipinski definition) is 5. The zero-order chi connectivity index (χ0) is 14.8. The summed E-state index contributed by atoms with van der Waals surface area (Å²) in [6.45, 7) is 3.91. The van der Waals surface area contributed by atoms with E-state index in [1.165, 1.54) is 11.3 Å². The molecule has 0 aromatic carbocycles. The van der Waals surface area contributed by atoms with Crippen LogP contribution in [0.3, 0.4) is 0 Å². The predicted octanol–water partition coefficient (Wildman–Crippen LogP) is 3.31. The lowest BCUT2D eigenvalue weighted by Crippen LogP contribution is -2.47. The Morgan fingerprint density at radius 1 is 1.57 bits per heavy atom. The number of aromatic nitrogens is 1. The number of nitrogens with zero attached hydrogens (tertiary/aromatic N) is 2. The first-order chi connectivity index (χ1) is 10.1. The first-order valence-corrected chi connectivity index (χ1v) is 8.78. The molecule has 0 aliphatic carbocycles. The molecule has 0 radical (unpaired) electrons. The number of carbonyl (C=O) groups excluding carboxylic acids is 1. The maximum atomic E-state index is 12.3. The molecule has 4 nitrogen and oxygen atoms in total. The molecule has 1 fully saturated rings. The zero-order valence-electron chi connectivity index (χ0n) is 11.5. The third-order valence-corrected chi connectivity index (χ3v) is 5.65. The standard InChI is InChI=1S/C14H15ClN2O2S2/c1-9-7-19-5-4-17(9)13(18)6-10-8-20-14(16-10)11-2-3-12(15)21-11/h2-3,8-9H,4-7H2,1H3/t9-/m1/s1. The maximum Gasteiger partial charge on any atom is 0.229 e. The number of thiazole rings is 1. The van der Waals surface area contributed by atoms with Gasteiger partial charge in [0.25, 0.3) is 0 Å². The topological polar surface area (TPSA) is 42.4 Å². The molecule has 7 heteroatoms. The van der Waals surface area contributed by atoms with E-state index in [1.807, 2.05) is 29.3 Å². The summed E-state index contributed by atoms with van der Waals surface area (Å²) in [6.07, 6.45) is 0.347. The molecule has 0 N–H and O–H groups in total. The summed E-state index contributed by atoms with van der Waals surface area (Å²) < 4.78 is 6.11. The Morgan fingerprint density at radius 3 is 3.14 bits per heavy atom. The van der Waals surface area contributed by atoms with Crippen LogP contribution in [0.2, 0.25) is 4.34 Å². The van der Waals surface area contributed by atoms with Gasteiger partial charge in [-0.1, -0.05) is 11.6 Å². The highest BCUT2D eigenvalue weighted by atomic mass is 35.5. The SMILES string of the molecule is C[C@@H]1COCCN1C(=O)Cc1csc(-c2ccc(Cl)s2)n1. The number of amides is 1. The van der Waals surface area contributed by atoms with Gasteiger partial charge in [-0.25, -0.2) is 4.98 Å². The summed E-state index contributed by atoms with van der Waals surface area (Å²) >= 11 is 9.00. The van der Waals surface area contributed by atoms with Gasteiger partial charge in [0.05, 0.1) is 40.6 Å². The van der Waals surface area contributed by atoms with Crippen LogP contribution in [0.4, 0.5) is 0 Å². The van der Waals surface area contributed by atoms with Crippen molar-refractivity contribution in [3.63, 3.8) is 0 Å². The van der Waals surface area contributed by atoms with Crippen LogP contribution in [-0.4, -0.2) is 41.6 Å². The van der Waals surface area contributed by atoms with Gasteiger partial charge in [0, 0.05) is 11.9 Å². The fraction of sp³-hybridized carbons (Fsp3) is 0.429. The van der Waals surface area contributed by atoms with Gasteiger partial charge < -0.3 is 9.64 Å². The lowest BCUT2D eigenvalue weighted by atomic mass is 10.2. The Bertz CT molecular complexity index is 640. The van der Waals surface area contributed by atoms with Gasteiger partial charge >= 0.3 is 0 Å². The van der Waals surface area contributed by atoms with Crippen molar-refractivity contribution in [3.8, 4) is 9.88 Å². The van der Waals surface area contributed by atoms with E-state index < -0.39 is 0 Å². The summed E-state index contributed by atoms with van der Waals surface area (Å²) in [5.41, 5.74) is 0.822. The van der Waals surface area contributed by atoms with Crippen molar-refractivity contribution in [1.82, 2.24) is 9.88 Å². The van der Waals surface area contributed by atoms with Gasteiger partial charge in [-0.2, -0.15) is 0 Å². The minimum Gasteiger partial charge on any atom is -0.377 e. The summed E-state index contributed by atoms with van der Waals surface area (Å²) in [6, 6.07) is 3.96. The van der Waals surface area contributed by atoms with E-state index in [0.717, 1.165) is 19.9 Å². The molecule has 112 valence electrons. The quantitative estimate of drug-likeness (QED) is 0.859. The molecule has 21 heavy (non-hydrogen) atoms. The average molecular weight is 343 g/mol. The van der Waals surface area contributed by atoms with Crippen molar-refractivity contribution in [2.24, 2.45) is 0 Å².